The minimum Gasteiger partial charge on any atom is -0.402 e. The number of amides is 1. The highest BCUT2D eigenvalue weighted by atomic mass is 32.1. The van der Waals surface area contributed by atoms with E-state index in [1.165, 1.54) is 17.4 Å². The summed E-state index contributed by atoms with van der Waals surface area (Å²) in [7, 11) is 0. The van der Waals surface area contributed by atoms with Crippen molar-refractivity contribution in [2.45, 2.75) is 26.2 Å². The average Bonchev–Trinajstić information content (AvgIpc) is 3.73. The molecule has 5 aromatic rings. The third-order valence-electron chi connectivity index (χ3n) is 7.09. The van der Waals surface area contributed by atoms with Crippen LogP contribution in [0.3, 0.4) is 0 Å². The molecule has 0 radical (unpaired) electrons. The smallest absolute Gasteiger partial charge is 0.402 e. The minimum absolute atomic E-state index is 0.0611. The first-order valence-corrected chi connectivity index (χ1v) is 15.7. The van der Waals surface area contributed by atoms with Crippen LogP contribution >= 0.6 is 11.3 Å². The molecule has 2 aliphatic heterocycles. The summed E-state index contributed by atoms with van der Waals surface area (Å²) in [5.74, 6) is -0.362. The maximum absolute atomic E-state index is 13.3. The Balaban J connectivity index is 0.00000190. The molecular formula is C32H29F3N8O3S. The molecule has 2 aliphatic rings. The largest absolute Gasteiger partial charge is 0.433 e. The summed E-state index contributed by atoms with van der Waals surface area (Å²) < 4.78 is 50.7. The number of benzene rings is 2. The number of thiazole rings is 1. The van der Waals surface area contributed by atoms with Crippen molar-refractivity contribution in [1.82, 2.24) is 20.2 Å². The molecule has 1 unspecified atom stereocenters. The van der Waals surface area contributed by atoms with Gasteiger partial charge in [0.25, 0.3) is 11.8 Å². The number of morpholine rings is 1. The van der Waals surface area contributed by atoms with Gasteiger partial charge in [-0.15, -0.1) is 5.10 Å². The monoisotopic (exact) mass is 662 g/mol. The van der Waals surface area contributed by atoms with Gasteiger partial charge in [0.1, 0.15) is 15.7 Å². The molecule has 1 saturated heterocycles. The standard InChI is InChI=1S/C30H23F3N8O3S.C2H6/c31-30(32,33)21-11-10-18(16-34-21)27-37-23(28(45-27)41-12-14-43-15-13-41)26-39-40-29(44-26)38-24-25(42)35-20-9-5-4-8-19(20)22(36-24)17-6-2-1-3-7-17;1-2/h1-11,16,24H,12-15H2,(H,35,42)(H,38,40);1-2H3. The van der Waals surface area contributed by atoms with E-state index in [9.17, 15) is 18.0 Å². The number of anilines is 3. The number of fused-ring (bicyclic) bond motifs is 1. The second-order valence-corrected chi connectivity index (χ2v) is 11.0. The summed E-state index contributed by atoms with van der Waals surface area (Å²) >= 11 is 1.27. The molecule has 0 saturated carbocycles. The number of carbonyl (C=O) groups is 1. The van der Waals surface area contributed by atoms with Crippen LogP contribution in [0, 0.1) is 0 Å². The van der Waals surface area contributed by atoms with Crippen molar-refractivity contribution in [2.75, 3.05) is 41.8 Å². The second kappa shape index (κ2) is 13.7. The number of hydrogen-bond acceptors (Lipinski definition) is 11. The number of pyridine rings is 1. The van der Waals surface area contributed by atoms with E-state index in [1.807, 2.05) is 67.3 Å². The minimum atomic E-state index is -4.55. The highest BCUT2D eigenvalue weighted by molar-refractivity contribution is 7.19. The van der Waals surface area contributed by atoms with E-state index >= 15 is 0 Å². The van der Waals surface area contributed by atoms with E-state index in [1.54, 1.807) is 6.07 Å². The molecule has 2 aromatic carbocycles. The van der Waals surface area contributed by atoms with Crippen LogP contribution in [0.4, 0.5) is 29.9 Å². The molecule has 11 nitrogen and oxygen atoms in total. The zero-order chi connectivity index (χ0) is 33.0. The van der Waals surface area contributed by atoms with E-state index < -0.39 is 23.9 Å². The summed E-state index contributed by atoms with van der Waals surface area (Å²) in [5.41, 5.74) is 2.56. The van der Waals surface area contributed by atoms with E-state index in [-0.39, 0.29) is 11.9 Å². The predicted molar refractivity (Wildman–Crippen MR) is 173 cm³/mol. The molecule has 1 atom stereocenters. The zero-order valence-electron chi connectivity index (χ0n) is 25.3. The molecule has 242 valence electrons. The Kier molecular flexibility index (Phi) is 9.26. The predicted octanol–water partition coefficient (Wildman–Crippen LogP) is 6.36. The number of nitrogens with zero attached hydrogens (tertiary/aromatic N) is 6. The molecule has 7 rings (SSSR count). The first kappa shape index (κ1) is 31.8. The van der Waals surface area contributed by atoms with Gasteiger partial charge in [-0.2, -0.15) is 13.2 Å². The quantitative estimate of drug-likeness (QED) is 0.213. The topological polar surface area (TPSA) is 131 Å². The van der Waals surface area contributed by atoms with Crippen LogP contribution in [0.1, 0.15) is 30.7 Å². The number of hydrogen-bond donors (Lipinski definition) is 2. The third-order valence-corrected chi connectivity index (χ3v) is 8.26. The van der Waals surface area contributed by atoms with E-state index in [4.69, 9.17) is 14.1 Å². The number of ether oxygens (including phenoxy) is 1. The molecule has 1 amide bonds. The first-order valence-electron chi connectivity index (χ1n) is 14.8. The molecule has 3 aromatic heterocycles. The fraction of sp³-hybridized carbons (Fsp3) is 0.250. The van der Waals surface area contributed by atoms with Gasteiger partial charge in [-0.05, 0) is 18.2 Å². The van der Waals surface area contributed by atoms with Gasteiger partial charge < -0.3 is 24.7 Å². The Morgan fingerprint density at radius 2 is 1.70 bits per heavy atom. The van der Waals surface area contributed by atoms with Crippen molar-refractivity contribution in [3.05, 3.63) is 89.7 Å². The number of halogens is 3. The average molecular weight is 663 g/mol. The van der Waals surface area contributed by atoms with Crippen molar-refractivity contribution in [2.24, 2.45) is 4.99 Å². The van der Waals surface area contributed by atoms with Crippen molar-refractivity contribution >= 4 is 39.7 Å². The number of benzodiazepines with no additional fused rings is 1. The molecule has 0 bridgehead atoms. The Morgan fingerprint density at radius 1 is 0.957 bits per heavy atom. The van der Waals surface area contributed by atoms with Crippen molar-refractivity contribution in [3.63, 3.8) is 0 Å². The number of rotatable bonds is 6. The van der Waals surface area contributed by atoms with Gasteiger partial charge in [0.05, 0.1) is 24.6 Å². The second-order valence-electron chi connectivity index (χ2n) is 10.0. The van der Waals surface area contributed by atoms with Gasteiger partial charge >= 0.3 is 12.2 Å². The number of nitrogens with one attached hydrogen (secondary N) is 2. The van der Waals surface area contributed by atoms with Gasteiger partial charge in [-0.3, -0.25) is 9.78 Å². The van der Waals surface area contributed by atoms with Gasteiger partial charge in [0, 0.05) is 36.0 Å². The van der Waals surface area contributed by atoms with E-state index in [0.717, 1.165) is 23.4 Å². The number of aromatic nitrogens is 4. The first-order chi connectivity index (χ1) is 22.8. The van der Waals surface area contributed by atoms with Gasteiger partial charge in [0.2, 0.25) is 6.17 Å². The van der Waals surface area contributed by atoms with Crippen molar-refractivity contribution in [3.8, 4) is 22.2 Å². The fourth-order valence-corrected chi connectivity index (χ4v) is 6.02. The highest BCUT2D eigenvalue weighted by Crippen LogP contribution is 2.41. The Morgan fingerprint density at radius 3 is 2.43 bits per heavy atom. The Bertz CT molecular complexity index is 1870. The molecule has 5 heterocycles. The van der Waals surface area contributed by atoms with Crippen LogP contribution in [-0.2, 0) is 15.7 Å². The van der Waals surface area contributed by atoms with Crippen molar-refractivity contribution < 1.29 is 27.1 Å². The normalized spacial score (nSPS) is 16.3. The van der Waals surface area contributed by atoms with E-state index in [2.05, 4.69) is 30.8 Å². The van der Waals surface area contributed by atoms with Crippen LogP contribution in [0.25, 0.3) is 22.2 Å². The lowest BCUT2D eigenvalue weighted by Crippen LogP contribution is -2.35. The molecule has 47 heavy (non-hydrogen) atoms. The van der Waals surface area contributed by atoms with Gasteiger partial charge in [-0.1, -0.05) is 78.8 Å². The molecule has 0 spiro atoms. The maximum Gasteiger partial charge on any atom is 0.433 e. The third kappa shape index (κ3) is 6.85. The number of para-hydroxylation sites is 1. The van der Waals surface area contributed by atoms with Crippen LogP contribution in [0.2, 0.25) is 0 Å². The van der Waals surface area contributed by atoms with Gasteiger partial charge in [-0.25, -0.2) is 9.98 Å². The number of alkyl halides is 3. The summed E-state index contributed by atoms with van der Waals surface area (Å²) in [5, 5.41) is 15.3. The highest BCUT2D eigenvalue weighted by Gasteiger charge is 2.33. The zero-order valence-corrected chi connectivity index (χ0v) is 26.1. The number of aliphatic imine (C=N–C) groups is 1. The molecule has 1 fully saturated rings. The molecule has 15 heteroatoms. The van der Waals surface area contributed by atoms with Crippen molar-refractivity contribution in [1.29, 1.82) is 0 Å². The summed E-state index contributed by atoms with van der Waals surface area (Å²) in [6.45, 7) is 6.12. The molecule has 2 N–H and O–H groups in total. The fourth-order valence-electron chi connectivity index (χ4n) is 4.92. The Labute approximate surface area is 271 Å². The lowest BCUT2D eigenvalue weighted by Gasteiger charge is -2.27. The summed E-state index contributed by atoms with van der Waals surface area (Å²) in [6, 6.07) is 19.1. The number of carbonyl (C=O) groups excluding carboxylic acids is 1. The lowest BCUT2D eigenvalue weighted by molar-refractivity contribution is -0.141. The molecular weight excluding hydrogens is 633 g/mol. The SMILES string of the molecule is CC.O=C1Nc2ccccc2C(c2ccccc2)=NC1Nc1nnc(-c2nc(-c3ccc(C(F)(F)F)nc3)sc2N2CCOCC2)o1. The lowest BCUT2D eigenvalue weighted by atomic mass is 10.0. The Hall–Kier alpha value is -5.15. The maximum atomic E-state index is 13.3. The van der Waals surface area contributed by atoms with Crippen LogP contribution in [0.5, 0.6) is 0 Å². The van der Waals surface area contributed by atoms with Crippen LogP contribution in [-0.4, -0.2) is 64.3 Å². The summed E-state index contributed by atoms with van der Waals surface area (Å²) in [4.78, 5) is 28.3. The van der Waals surface area contributed by atoms with Crippen LogP contribution < -0.4 is 15.5 Å². The summed E-state index contributed by atoms with van der Waals surface area (Å²) in [6.07, 6.45) is -4.52. The van der Waals surface area contributed by atoms with Crippen LogP contribution in [0.15, 0.2) is 82.3 Å². The van der Waals surface area contributed by atoms with Gasteiger partial charge in [0.15, 0.2) is 5.69 Å². The molecule has 0 aliphatic carbocycles. The van der Waals surface area contributed by atoms with E-state index in [0.29, 0.717) is 59.0 Å².